The maximum atomic E-state index is 12.5. The second-order valence-corrected chi connectivity index (χ2v) is 8.22. The first-order valence-corrected chi connectivity index (χ1v) is 10.4. The molecule has 3 aromatic rings. The van der Waals surface area contributed by atoms with Crippen molar-refractivity contribution in [3.8, 4) is 17.1 Å². The molecule has 2 atom stereocenters. The highest BCUT2D eigenvalue weighted by Crippen LogP contribution is 2.27. The van der Waals surface area contributed by atoms with Crippen LogP contribution in [-0.2, 0) is 11.8 Å². The van der Waals surface area contributed by atoms with Gasteiger partial charge in [-0.3, -0.25) is 4.79 Å². The van der Waals surface area contributed by atoms with E-state index in [1.165, 1.54) is 17.3 Å². The van der Waals surface area contributed by atoms with Gasteiger partial charge in [0.1, 0.15) is 5.75 Å². The number of nitrogens with zero attached hydrogens (tertiary/aromatic N) is 3. The van der Waals surface area contributed by atoms with Crippen molar-refractivity contribution >= 4 is 17.7 Å². The molecule has 2 unspecified atom stereocenters. The van der Waals surface area contributed by atoms with Crippen LogP contribution in [0.2, 0.25) is 0 Å². The van der Waals surface area contributed by atoms with Gasteiger partial charge in [-0.15, -0.1) is 10.2 Å². The first-order valence-electron chi connectivity index (χ1n) is 9.52. The number of methoxy groups -OCH3 is 1. The van der Waals surface area contributed by atoms with Crippen LogP contribution in [0.4, 0.5) is 0 Å². The van der Waals surface area contributed by atoms with E-state index in [1.54, 1.807) is 7.11 Å². The Bertz CT molecular complexity index is 941. The molecule has 0 saturated carbocycles. The molecule has 0 bridgehead atoms. The minimum absolute atomic E-state index is 0.00761. The highest BCUT2D eigenvalue weighted by Gasteiger charge is 2.20. The van der Waals surface area contributed by atoms with Gasteiger partial charge in [-0.1, -0.05) is 49.0 Å². The number of hydrogen-bond donors (Lipinski definition) is 1. The molecule has 0 radical (unpaired) electrons. The van der Waals surface area contributed by atoms with Gasteiger partial charge in [-0.25, -0.2) is 0 Å². The van der Waals surface area contributed by atoms with E-state index in [0.29, 0.717) is 11.7 Å². The van der Waals surface area contributed by atoms with Crippen LogP contribution in [-0.4, -0.2) is 39.6 Å². The van der Waals surface area contributed by atoms with Crippen molar-refractivity contribution in [1.29, 1.82) is 0 Å². The summed E-state index contributed by atoms with van der Waals surface area (Å²) in [5.74, 6) is 1.79. The standard InChI is InChI=1S/C22H26N4O2S/c1-15(17-8-6-5-7-9-17)14-23-21(27)16(2)29-22-25-24-20(26(22)3)18-10-12-19(28-4)13-11-18/h5-13,15-16H,14H2,1-4H3,(H,23,27). The number of thioether (sulfide) groups is 1. The largest absolute Gasteiger partial charge is 0.497 e. The Balaban J connectivity index is 1.59. The molecule has 2 aromatic carbocycles. The zero-order chi connectivity index (χ0) is 20.8. The predicted octanol–water partition coefficient (Wildman–Crippen LogP) is 3.89. The van der Waals surface area contributed by atoms with E-state index in [0.717, 1.165) is 17.1 Å². The summed E-state index contributed by atoms with van der Waals surface area (Å²) >= 11 is 1.40. The molecule has 1 heterocycles. The SMILES string of the molecule is COc1ccc(-c2nnc(SC(C)C(=O)NCC(C)c3ccccc3)n2C)cc1. The van der Waals surface area contributed by atoms with Crippen LogP contribution in [0.3, 0.4) is 0 Å². The molecular formula is C22H26N4O2S. The zero-order valence-corrected chi connectivity index (χ0v) is 17.9. The lowest BCUT2D eigenvalue weighted by Gasteiger charge is -2.15. The minimum Gasteiger partial charge on any atom is -0.497 e. The fourth-order valence-corrected chi connectivity index (χ4v) is 3.76. The molecule has 7 heteroatoms. The predicted molar refractivity (Wildman–Crippen MR) is 116 cm³/mol. The third kappa shape index (κ3) is 5.17. The maximum Gasteiger partial charge on any atom is 0.233 e. The van der Waals surface area contributed by atoms with Crippen LogP contribution in [0, 0.1) is 0 Å². The smallest absolute Gasteiger partial charge is 0.233 e. The van der Waals surface area contributed by atoms with E-state index in [2.05, 4.69) is 34.6 Å². The summed E-state index contributed by atoms with van der Waals surface area (Å²) in [5, 5.41) is 12.0. The Labute approximate surface area is 175 Å². The molecule has 1 N–H and O–H groups in total. The molecule has 0 saturated heterocycles. The van der Waals surface area contributed by atoms with Crippen LogP contribution in [0.1, 0.15) is 25.3 Å². The summed E-state index contributed by atoms with van der Waals surface area (Å²) in [6, 6.07) is 17.8. The van der Waals surface area contributed by atoms with Gasteiger partial charge in [0.05, 0.1) is 12.4 Å². The first kappa shape index (κ1) is 20.9. The molecule has 152 valence electrons. The Kier molecular flexibility index (Phi) is 6.93. The Hall–Kier alpha value is -2.80. The summed E-state index contributed by atoms with van der Waals surface area (Å²) in [7, 11) is 3.54. The summed E-state index contributed by atoms with van der Waals surface area (Å²) in [5.41, 5.74) is 2.16. The molecule has 0 aliphatic heterocycles. The molecule has 3 rings (SSSR count). The first-order chi connectivity index (χ1) is 14.0. The van der Waals surface area contributed by atoms with E-state index in [1.807, 2.05) is 61.0 Å². The fraction of sp³-hybridized carbons (Fsp3) is 0.318. The number of nitrogens with one attached hydrogen (secondary N) is 1. The molecule has 0 aliphatic rings. The number of ether oxygens (including phenoxy) is 1. The van der Waals surface area contributed by atoms with Gasteiger partial charge in [0.2, 0.25) is 5.91 Å². The molecule has 0 spiro atoms. The van der Waals surface area contributed by atoms with Gasteiger partial charge in [-0.2, -0.15) is 0 Å². The lowest BCUT2D eigenvalue weighted by molar-refractivity contribution is -0.120. The monoisotopic (exact) mass is 410 g/mol. The van der Waals surface area contributed by atoms with Crippen molar-refractivity contribution in [2.24, 2.45) is 7.05 Å². The quantitative estimate of drug-likeness (QED) is 0.571. The van der Waals surface area contributed by atoms with Crippen LogP contribution in [0.15, 0.2) is 59.8 Å². The second kappa shape index (κ2) is 9.60. The fourth-order valence-electron chi connectivity index (χ4n) is 2.92. The lowest BCUT2D eigenvalue weighted by Crippen LogP contribution is -2.33. The summed E-state index contributed by atoms with van der Waals surface area (Å²) < 4.78 is 7.10. The number of hydrogen-bond acceptors (Lipinski definition) is 5. The number of rotatable bonds is 8. The zero-order valence-electron chi connectivity index (χ0n) is 17.1. The van der Waals surface area contributed by atoms with E-state index in [4.69, 9.17) is 4.74 Å². The highest BCUT2D eigenvalue weighted by molar-refractivity contribution is 8.00. The van der Waals surface area contributed by atoms with Gasteiger partial charge in [0.15, 0.2) is 11.0 Å². The van der Waals surface area contributed by atoms with Gasteiger partial charge >= 0.3 is 0 Å². The lowest BCUT2D eigenvalue weighted by atomic mass is 10.0. The normalized spacial score (nSPS) is 13.0. The number of aromatic nitrogens is 3. The van der Waals surface area contributed by atoms with Crippen molar-refractivity contribution in [2.45, 2.75) is 30.2 Å². The maximum absolute atomic E-state index is 12.5. The molecule has 6 nitrogen and oxygen atoms in total. The average molecular weight is 411 g/mol. The van der Waals surface area contributed by atoms with E-state index in [-0.39, 0.29) is 17.1 Å². The van der Waals surface area contributed by atoms with Gasteiger partial charge < -0.3 is 14.6 Å². The highest BCUT2D eigenvalue weighted by atomic mass is 32.2. The Morgan fingerprint density at radius 1 is 1.10 bits per heavy atom. The molecule has 0 fully saturated rings. The van der Waals surface area contributed by atoms with Gasteiger partial charge in [0, 0.05) is 19.2 Å². The second-order valence-electron chi connectivity index (χ2n) is 6.91. The van der Waals surface area contributed by atoms with Crippen LogP contribution in [0.5, 0.6) is 5.75 Å². The van der Waals surface area contributed by atoms with E-state index in [9.17, 15) is 4.79 Å². The van der Waals surface area contributed by atoms with Crippen LogP contribution >= 0.6 is 11.8 Å². The van der Waals surface area contributed by atoms with Crippen molar-refractivity contribution in [3.05, 3.63) is 60.2 Å². The molecule has 0 aliphatic carbocycles. The third-order valence-corrected chi connectivity index (χ3v) is 5.92. The van der Waals surface area contributed by atoms with E-state index < -0.39 is 0 Å². The average Bonchev–Trinajstić information content (AvgIpc) is 3.12. The summed E-state index contributed by atoms with van der Waals surface area (Å²) in [6.07, 6.45) is 0. The van der Waals surface area contributed by atoms with Crippen LogP contribution in [0.25, 0.3) is 11.4 Å². The van der Waals surface area contributed by atoms with Crippen molar-refractivity contribution < 1.29 is 9.53 Å². The number of carbonyl (C=O) groups is 1. The summed E-state index contributed by atoms with van der Waals surface area (Å²) in [4.78, 5) is 12.5. The Morgan fingerprint density at radius 2 is 1.79 bits per heavy atom. The van der Waals surface area contributed by atoms with Crippen LogP contribution < -0.4 is 10.1 Å². The van der Waals surface area contributed by atoms with Crippen molar-refractivity contribution in [2.75, 3.05) is 13.7 Å². The molecule has 29 heavy (non-hydrogen) atoms. The molecule has 1 amide bonds. The van der Waals surface area contributed by atoms with Crippen molar-refractivity contribution in [3.63, 3.8) is 0 Å². The molecule has 1 aromatic heterocycles. The van der Waals surface area contributed by atoms with Crippen molar-refractivity contribution in [1.82, 2.24) is 20.1 Å². The van der Waals surface area contributed by atoms with Gasteiger partial charge in [-0.05, 0) is 42.7 Å². The van der Waals surface area contributed by atoms with Gasteiger partial charge in [0.25, 0.3) is 0 Å². The third-order valence-electron chi connectivity index (χ3n) is 4.79. The molecular weight excluding hydrogens is 384 g/mol. The minimum atomic E-state index is -0.274. The number of benzene rings is 2. The number of carbonyl (C=O) groups excluding carboxylic acids is 1. The van der Waals surface area contributed by atoms with E-state index >= 15 is 0 Å². The number of amides is 1. The Morgan fingerprint density at radius 3 is 2.45 bits per heavy atom. The summed E-state index contributed by atoms with van der Waals surface area (Å²) in [6.45, 7) is 4.59. The topological polar surface area (TPSA) is 69.0 Å².